The molecule has 0 unspecified atom stereocenters. The fourth-order valence-corrected chi connectivity index (χ4v) is 9.69. The predicted molar refractivity (Wildman–Crippen MR) is 302 cm³/mol. The van der Waals surface area contributed by atoms with Crippen LogP contribution in [0.5, 0.6) is 5.75 Å². The van der Waals surface area contributed by atoms with Gasteiger partial charge in [-0.3, -0.25) is 9.55 Å². The third-order valence-corrected chi connectivity index (χ3v) is 14.1. The highest BCUT2D eigenvalue weighted by Crippen LogP contribution is 2.46. The van der Waals surface area contributed by atoms with Crippen molar-refractivity contribution in [2.75, 3.05) is 0 Å². The molecule has 360 valence electrons. The zero-order chi connectivity index (χ0) is 53.2. The third-order valence-electron chi connectivity index (χ3n) is 14.1. The van der Waals surface area contributed by atoms with Crippen LogP contribution < -0.4 is 0 Å². The molecule has 0 aliphatic carbocycles. The van der Waals surface area contributed by atoms with Crippen LogP contribution in [-0.2, 0) is 16.2 Å². The molecule has 0 saturated carbocycles. The van der Waals surface area contributed by atoms with E-state index in [-0.39, 0.29) is 39.4 Å². The van der Waals surface area contributed by atoms with Gasteiger partial charge in [0.1, 0.15) is 11.6 Å². The molecule has 0 aliphatic heterocycles. The minimum Gasteiger partial charge on any atom is -0.507 e. The van der Waals surface area contributed by atoms with Crippen LogP contribution in [-0.4, -0.2) is 19.6 Å². The summed E-state index contributed by atoms with van der Waals surface area (Å²) in [5, 5.41) is 12.6. The van der Waals surface area contributed by atoms with Gasteiger partial charge >= 0.3 is 0 Å². The fourth-order valence-electron chi connectivity index (χ4n) is 9.69. The molecule has 0 amide bonds. The predicted octanol–water partition coefficient (Wildman–Crippen LogP) is 18.6. The fraction of sp³-hybridized carbons (Fsp3) is 0.284. The summed E-state index contributed by atoms with van der Waals surface area (Å²) < 4.78 is 29.4. The SMILES string of the molecule is [2H]C([2H])([2H])c1cc(-n2c(-c3cc(C(C)C)cc(C(C)C)c3O)nc3c(-c4cc(-c5cc(-c6ccc(C(C)(C)C)cc6)ccn5)cc(C(C)(C)C)c4)cccc32)c(-c2ccc(C(C)(C)C)cc2)cc1-c1ccccc1. The van der Waals surface area contributed by atoms with Gasteiger partial charge in [-0.25, -0.2) is 4.98 Å². The second-order valence-corrected chi connectivity index (χ2v) is 23.2. The van der Waals surface area contributed by atoms with Crippen molar-refractivity contribution in [3.63, 3.8) is 0 Å². The van der Waals surface area contributed by atoms with Gasteiger partial charge in [0.05, 0.1) is 28.0 Å². The number of para-hydroxylation sites is 1. The Kier molecular flexibility index (Phi) is 11.8. The molecule has 2 aromatic heterocycles. The van der Waals surface area contributed by atoms with Gasteiger partial charge in [-0.15, -0.1) is 0 Å². The number of imidazole rings is 1. The van der Waals surface area contributed by atoms with E-state index in [4.69, 9.17) is 14.1 Å². The Morgan fingerprint density at radius 2 is 1.11 bits per heavy atom. The number of hydrogen-bond acceptors (Lipinski definition) is 3. The second-order valence-electron chi connectivity index (χ2n) is 23.2. The quantitative estimate of drug-likeness (QED) is 0.157. The van der Waals surface area contributed by atoms with E-state index in [1.165, 1.54) is 11.1 Å². The lowest BCUT2D eigenvalue weighted by Crippen LogP contribution is -2.11. The summed E-state index contributed by atoms with van der Waals surface area (Å²) in [6.45, 7) is 26.1. The van der Waals surface area contributed by atoms with E-state index in [2.05, 4.69) is 204 Å². The number of pyridine rings is 1. The maximum Gasteiger partial charge on any atom is 0.149 e. The lowest BCUT2D eigenvalue weighted by Gasteiger charge is -2.22. The van der Waals surface area contributed by atoms with Crippen LogP contribution in [0, 0.1) is 6.85 Å². The maximum atomic E-state index is 12.6. The van der Waals surface area contributed by atoms with Gasteiger partial charge in [0.15, 0.2) is 0 Å². The summed E-state index contributed by atoms with van der Waals surface area (Å²) >= 11 is 0. The highest BCUT2D eigenvalue weighted by atomic mass is 16.3. The molecule has 0 atom stereocenters. The van der Waals surface area contributed by atoms with E-state index in [1.54, 1.807) is 0 Å². The molecular formula is C67H71N3O. The highest BCUT2D eigenvalue weighted by Gasteiger charge is 2.27. The van der Waals surface area contributed by atoms with Crippen molar-refractivity contribution in [3.8, 4) is 78.6 Å². The van der Waals surface area contributed by atoms with Crippen LogP contribution in [0.1, 0.15) is 139 Å². The number of nitrogens with zero attached hydrogens (tertiary/aromatic N) is 3. The number of rotatable bonds is 9. The number of aryl methyl sites for hydroxylation is 1. The Morgan fingerprint density at radius 1 is 0.493 bits per heavy atom. The number of phenols is 1. The largest absolute Gasteiger partial charge is 0.507 e. The molecule has 4 heteroatoms. The number of fused-ring (bicyclic) bond motifs is 1. The van der Waals surface area contributed by atoms with Crippen LogP contribution in [0.4, 0.5) is 0 Å². The molecule has 9 rings (SSSR count). The molecule has 71 heavy (non-hydrogen) atoms. The normalized spacial score (nSPS) is 13.2. The Hall–Kier alpha value is -7.04. The zero-order valence-corrected chi connectivity index (χ0v) is 44.0. The molecule has 0 bridgehead atoms. The summed E-state index contributed by atoms with van der Waals surface area (Å²) in [6, 6.07) is 52.6. The average Bonchev–Trinajstić information content (AvgIpc) is 3.74. The van der Waals surface area contributed by atoms with Crippen molar-refractivity contribution in [2.45, 2.75) is 125 Å². The van der Waals surface area contributed by atoms with Gasteiger partial charge in [0, 0.05) is 27.0 Å². The maximum absolute atomic E-state index is 12.6. The van der Waals surface area contributed by atoms with Gasteiger partial charge < -0.3 is 5.11 Å². The molecule has 7 aromatic carbocycles. The molecule has 1 N–H and O–H groups in total. The summed E-state index contributed by atoms with van der Waals surface area (Å²) in [7, 11) is 0. The lowest BCUT2D eigenvalue weighted by atomic mass is 9.83. The molecule has 0 aliphatic rings. The van der Waals surface area contributed by atoms with Crippen molar-refractivity contribution in [2.24, 2.45) is 0 Å². The number of aromatic hydroxyl groups is 1. The molecule has 4 nitrogen and oxygen atoms in total. The van der Waals surface area contributed by atoms with Crippen molar-refractivity contribution < 1.29 is 9.22 Å². The van der Waals surface area contributed by atoms with Crippen LogP contribution >= 0.6 is 0 Å². The minimum atomic E-state index is -2.48. The Bertz CT molecular complexity index is 3520. The molecular weight excluding hydrogens is 863 g/mol. The minimum absolute atomic E-state index is 0.0126. The first kappa shape index (κ1) is 45.1. The van der Waals surface area contributed by atoms with Gasteiger partial charge in [0.2, 0.25) is 0 Å². The average molecular weight is 937 g/mol. The van der Waals surface area contributed by atoms with E-state index in [1.807, 2.05) is 48.7 Å². The van der Waals surface area contributed by atoms with Crippen molar-refractivity contribution >= 4 is 11.0 Å². The molecule has 9 aromatic rings. The molecule has 0 fully saturated rings. The Morgan fingerprint density at radius 3 is 1.72 bits per heavy atom. The number of aromatic nitrogens is 3. The lowest BCUT2D eigenvalue weighted by molar-refractivity contribution is 0.466. The summed E-state index contributed by atoms with van der Waals surface area (Å²) in [4.78, 5) is 10.7. The summed E-state index contributed by atoms with van der Waals surface area (Å²) in [6.07, 6.45) is 1.90. The Labute approximate surface area is 427 Å². The number of phenolic OH excluding ortho intramolecular Hbond substituents is 1. The van der Waals surface area contributed by atoms with Crippen LogP contribution in [0.15, 0.2) is 158 Å². The van der Waals surface area contributed by atoms with Crippen molar-refractivity contribution in [3.05, 3.63) is 191 Å². The molecule has 0 saturated heterocycles. The first-order chi connectivity index (χ1) is 34.8. The number of benzene rings is 7. The third kappa shape index (κ3) is 9.74. The van der Waals surface area contributed by atoms with Gasteiger partial charge in [-0.2, -0.15) is 0 Å². The Balaban J connectivity index is 1.37. The van der Waals surface area contributed by atoms with Crippen molar-refractivity contribution in [1.29, 1.82) is 0 Å². The van der Waals surface area contributed by atoms with E-state index in [0.717, 1.165) is 77.9 Å². The summed E-state index contributed by atoms with van der Waals surface area (Å²) in [5.74, 6) is 0.841. The monoisotopic (exact) mass is 937 g/mol. The van der Waals surface area contributed by atoms with Gasteiger partial charge in [-0.1, -0.05) is 193 Å². The van der Waals surface area contributed by atoms with Crippen molar-refractivity contribution in [1.82, 2.24) is 14.5 Å². The first-order valence-electron chi connectivity index (χ1n) is 26.7. The van der Waals surface area contributed by atoms with E-state index < -0.39 is 6.85 Å². The van der Waals surface area contributed by atoms with E-state index in [9.17, 15) is 5.11 Å². The van der Waals surface area contributed by atoms with E-state index >= 15 is 0 Å². The van der Waals surface area contributed by atoms with E-state index in [0.29, 0.717) is 22.6 Å². The smallest absolute Gasteiger partial charge is 0.149 e. The van der Waals surface area contributed by atoms with Crippen LogP contribution in [0.2, 0.25) is 0 Å². The zero-order valence-electron chi connectivity index (χ0n) is 47.0. The highest BCUT2D eigenvalue weighted by molar-refractivity contribution is 5.98. The molecule has 0 radical (unpaired) electrons. The van der Waals surface area contributed by atoms with Gasteiger partial charge in [0.25, 0.3) is 0 Å². The van der Waals surface area contributed by atoms with Crippen LogP contribution in [0.25, 0.3) is 83.9 Å². The van der Waals surface area contributed by atoms with Crippen LogP contribution in [0.3, 0.4) is 0 Å². The first-order valence-corrected chi connectivity index (χ1v) is 25.2. The number of hydrogen-bond donors (Lipinski definition) is 1. The van der Waals surface area contributed by atoms with Gasteiger partial charge in [-0.05, 0) is 150 Å². The standard InChI is InChI=1S/C67H71N3O/c1-41(2)48-37-55(42(3)4)63(71)58(38-48)64-69-62-54(49-34-50(36-53(35-49)67(12,13)14)59-39-47(31-32-68-59)44-23-27-51(28-24-44)65(6,7)8)21-18-22-60(62)70(64)61-33-43(5)56(45-19-16-15-17-20-45)40-57(61)46-25-29-52(30-26-46)66(9,10)11/h15-42,71H,1-14H3/i5D3. The molecule has 2 heterocycles. The second kappa shape index (κ2) is 18.6. The molecule has 0 spiro atoms. The summed E-state index contributed by atoms with van der Waals surface area (Å²) in [5.41, 5.74) is 17.4. The topological polar surface area (TPSA) is 50.9 Å².